The molecule has 0 unspecified atom stereocenters. The van der Waals surface area contributed by atoms with E-state index in [2.05, 4.69) is 5.32 Å². The number of nitrogens with one attached hydrogen (secondary N) is 1. The molecule has 0 saturated carbocycles. The van der Waals surface area contributed by atoms with Gasteiger partial charge in [0.15, 0.2) is 9.84 Å². The molecule has 1 rings (SSSR count). The van der Waals surface area contributed by atoms with Crippen LogP contribution in [-0.4, -0.2) is 27.3 Å². The molecule has 0 aliphatic carbocycles. The summed E-state index contributed by atoms with van der Waals surface area (Å²) in [6.07, 6.45) is -4.45. The summed E-state index contributed by atoms with van der Waals surface area (Å²) in [4.78, 5) is -0.0894. The first-order valence-corrected chi connectivity index (χ1v) is 7.03. The molecule has 0 aliphatic rings. The molecular formula is C11H14F3NO2S. The van der Waals surface area contributed by atoms with Crippen molar-refractivity contribution in [2.45, 2.75) is 18.0 Å². The zero-order valence-electron chi connectivity index (χ0n) is 9.79. The second-order valence-corrected chi connectivity index (χ2v) is 5.80. The molecule has 0 aromatic heterocycles. The quantitative estimate of drug-likeness (QED) is 0.841. The van der Waals surface area contributed by atoms with Crippen molar-refractivity contribution in [1.29, 1.82) is 0 Å². The topological polar surface area (TPSA) is 46.2 Å². The minimum Gasteiger partial charge on any atom is -0.316 e. The number of alkyl halides is 3. The fraction of sp³-hybridized carbons (Fsp3) is 0.455. The average molecular weight is 281 g/mol. The third-order valence-corrected chi connectivity index (χ3v) is 4.07. The van der Waals surface area contributed by atoms with Gasteiger partial charge in [0, 0.05) is 6.54 Å². The molecular weight excluding hydrogens is 267 g/mol. The van der Waals surface area contributed by atoms with Crippen molar-refractivity contribution in [2.75, 3.05) is 18.8 Å². The van der Waals surface area contributed by atoms with Gasteiger partial charge in [0.1, 0.15) is 0 Å². The summed E-state index contributed by atoms with van der Waals surface area (Å²) in [5.74, 6) is -0.133. The zero-order valence-corrected chi connectivity index (χ0v) is 10.6. The fourth-order valence-corrected chi connectivity index (χ4v) is 2.55. The maximum absolute atomic E-state index is 12.3. The van der Waals surface area contributed by atoms with Crippen LogP contribution < -0.4 is 5.32 Å². The van der Waals surface area contributed by atoms with Gasteiger partial charge in [-0.2, -0.15) is 13.2 Å². The van der Waals surface area contributed by atoms with Gasteiger partial charge >= 0.3 is 6.18 Å². The molecule has 1 aromatic rings. The average Bonchev–Trinajstić information content (AvgIpc) is 2.28. The molecule has 1 aromatic carbocycles. The lowest BCUT2D eigenvalue weighted by atomic mass is 10.2. The lowest BCUT2D eigenvalue weighted by Gasteiger charge is -2.08. The molecule has 1 N–H and O–H groups in total. The minimum atomic E-state index is -4.45. The summed E-state index contributed by atoms with van der Waals surface area (Å²) in [5, 5.41) is 2.85. The van der Waals surface area contributed by atoms with Crippen molar-refractivity contribution in [2.24, 2.45) is 0 Å². The van der Waals surface area contributed by atoms with Crippen LogP contribution in [0, 0.1) is 0 Å². The molecule has 102 valence electrons. The molecule has 0 fully saturated rings. The SMILES string of the molecule is CCNCCS(=O)(=O)c1ccc(C(F)(F)F)cc1. The molecule has 0 bridgehead atoms. The number of halogens is 3. The van der Waals surface area contributed by atoms with Crippen LogP contribution in [0.25, 0.3) is 0 Å². The first-order chi connectivity index (χ1) is 8.27. The van der Waals surface area contributed by atoms with Gasteiger partial charge in [0.05, 0.1) is 16.2 Å². The Kier molecular flexibility index (Phi) is 4.75. The Morgan fingerprint density at radius 2 is 1.72 bits per heavy atom. The summed E-state index contributed by atoms with van der Waals surface area (Å²) < 4.78 is 60.4. The van der Waals surface area contributed by atoms with Crippen LogP contribution in [0.15, 0.2) is 29.2 Å². The smallest absolute Gasteiger partial charge is 0.316 e. The van der Waals surface area contributed by atoms with Gasteiger partial charge in [-0.1, -0.05) is 6.92 Å². The third kappa shape index (κ3) is 3.99. The van der Waals surface area contributed by atoms with Gasteiger partial charge in [0.2, 0.25) is 0 Å². The van der Waals surface area contributed by atoms with Crippen molar-refractivity contribution < 1.29 is 21.6 Å². The van der Waals surface area contributed by atoms with Crippen LogP contribution in [0.4, 0.5) is 13.2 Å². The van der Waals surface area contributed by atoms with Crippen LogP contribution in [0.3, 0.4) is 0 Å². The highest BCUT2D eigenvalue weighted by molar-refractivity contribution is 7.91. The van der Waals surface area contributed by atoms with Crippen molar-refractivity contribution >= 4 is 9.84 Å². The number of hydrogen-bond donors (Lipinski definition) is 1. The van der Waals surface area contributed by atoms with Gasteiger partial charge in [-0.05, 0) is 30.8 Å². The predicted octanol–water partition coefficient (Wildman–Crippen LogP) is 2.09. The van der Waals surface area contributed by atoms with Gasteiger partial charge in [0.25, 0.3) is 0 Å². The predicted molar refractivity (Wildman–Crippen MR) is 62.0 cm³/mol. The molecule has 0 saturated heterocycles. The Bertz CT molecular complexity index is 480. The molecule has 0 amide bonds. The number of rotatable bonds is 5. The summed E-state index contributed by atoms with van der Waals surface area (Å²) in [6.45, 7) is 2.76. The van der Waals surface area contributed by atoms with Gasteiger partial charge < -0.3 is 5.32 Å². The standard InChI is InChI=1S/C11H14F3NO2S/c1-2-15-7-8-18(16,17)10-5-3-9(4-6-10)11(12,13)14/h3-6,15H,2,7-8H2,1H3. The van der Waals surface area contributed by atoms with E-state index in [0.29, 0.717) is 6.54 Å². The van der Waals surface area contributed by atoms with E-state index in [1.165, 1.54) is 0 Å². The molecule has 0 atom stereocenters. The van der Waals surface area contributed by atoms with E-state index in [1.807, 2.05) is 6.92 Å². The maximum atomic E-state index is 12.3. The summed E-state index contributed by atoms with van der Waals surface area (Å²) >= 11 is 0. The van der Waals surface area contributed by atoms with Crippen molar-refractivity contribution in [1.82, 2.24) is 5.32 Å². The highest BCUT2D eigenvalue weighted by Gasteiger charge is 2.30. The molecule has 0 radical (unpaired) electrons. The van der Waals surface area contributed by atoms with Crippen molar-refractivity contribution in [3.63, 3.8) is 0 Å². The summed E-state index contributed by atoms with van der Waals surface area (Å²) in [5.41, 5.74) is -0.854. The van der Waals surface area contributed by atoms with Crippen molar-refractivity contribution in [3.05, 3.63) is 29.8 Å². The van der Waals surface area contributed by atoms with E-state index in [4.69, 9.17) is 0 Å². The van der Waals surface area contributed by atoms with Gasteiger partial charge in [-0.15, -0.1) is 0 Å². The van der Waals surface area contributed by atoms with Crippen molar-refractivity contribution in [3.8, 4) is 0 Å². The van der Waals surface area contributed by atoms with E-state index in [1.54, 1.807) is 0 Å². The normalized spacial score (nSPS) is 12.7. The van der Waals surface area contributed by atoms with E-state index in [-0.39, 0.29) is 17.2 Å². The summed E-state index contributed by atoms with van der Waals surface area (Å²) in [6, 6.07) is 3.54. The highest BCUT2D eigenvalue weighted by Crippen LogP contribution is 2.29. The monoisotopic (exact) mass is 281 g/mol. The number of benzene rings is 1. The maximum Gasteiger partial charge on any atom is 0.416 e. The van der Waals surface area contributed by atoms with Crippen LogP contribution in [0.2, 0.25) is 0 Å². The minimum absolute atomic E-state index is 0.0894. The number of sulfone groups is 1. The molecule has 0 heterocycles. The first kappa shape index (κ1) is 15.0. The van der Waals surface area contributed by atoms with E-state index >= 15 is 0 Å². The fourth-order valence-electron chi connectivity index (χ4n) is 1.35. The van der Waals surface area contributed by atoms with Crippen LogP contribution in [0.5, 0.6) is 0 Å². The summed E-state index contributed by atoms with van der Waals surface area (Å²) in [7, 11) is -3.52. The Morgan fingerprint density at radius 1 is 1.17 bits per heavy atom. The number of hydrogen-bond acceptors (Lipinski definition) is 3. The Morgan fingerprint density at radius 3 is 2.17 bits per heavy atom. The molecule has 3 nitrogen and oxygen atoms in total. The van der Waals surface area contributed by atoms with Crippen LogP contribution >= 0.6 is 0 Å². The largest absolute Gasteiger partial charge is 0.416 e. The second-order valence-electron chi connectivity index (χ2n) is 3.69. The van der Waals surface area contributed by atoms with E-state index < -0.39 is 21.6 Å². The molecule has 0 aliphatic heterocycles. The Balaban J connectivity index is 2.85. The zero-order chi connectivity index (χ0) is 13.8. The molecule has 0 spiro atoms. The van der Waals surface area contributed by atoms with Crippen LogP contribution in [0.1, 0.15) is 12.5 Å². The molecule has 18 heavy (non-hydrogen) atoms. The lowest BCUT2D eigenvalue weighted by Crippen LogP contribution is -2.22. The Hall–Kier alpha value is -1.08. The Labute approximate surface area is 104 Å². The lowest BCUT2D eigenvalue weighted by molar-refractivity contribution is -0.137. The first-order valence-electron chi connectivity index (χ1n) is 5.38. The van der Waals surface area contributed by atoms with E-state index in [9.17, 15) is 21.6 Å². The highest BCUT2D eigenvalue weighted by atomic mass is 32.2. The van der Waals surface area contributed by atoms with E-state index in [0.717, 1.165) is 24.3 Å². The third-order valence-electron chi connectivity index (χ3n) is 2.34. The van der Waals surface area contributed by atoms with Gasteiger partial charge in [-0.3, -0.25) is 0 Å². The molecule has 7 heteroatoms. The van der Waals surface area contributed by atoms with Crippen LogP contribution in [-0.2, 0) is 16.0 Å². The van der Waals surface area contributed by atoms with Gasteiger partial charge in [-0.25, -0.2) is 8.42 Å². The second kappa shape index (κ2) is 5.71.